The molecule has 0 saturated carbocycles. The van der Waals surface area contributed by atoms with E-state index >= 15 is 0 Å². The molecule has 2 nitrogen and oxygen atoms in total. The highest BCUT2D eigenvalue weighted by Crippen LogP contribution is 1.83. The highest BCUT2D eigenvalue weighted by molar-refractivity contribution is 4.78. The lowest BCUT2D eigenvalue weighted by atomic mass is 10.2. The molecular formula is C9H24O2. The first-order valence-electron chi connectivity index (χ1n) is 3.23. The molecule has 0 unspecified atom stereocenters. The van der Waals surface area contributed by atoms with Crippen LogP contribution in [0.4, 0.5) is 0 Å². The Labute approximate surface area is 71.3 Å². The average molecular weight is 164 g/mol. The molecule has 0 rings (SSSR count). The zero-order valence-electron chi connectivity index (χ0n) is 7.44. The molecule has 3 N–H and O–H groups in total. The van der Waals surface area contributed by atoms with Gasteiger partial charge in [-0.1, -0.05) is 26.8 Å². The Morgan fingerprint density at radius 2 is 1.45 bits per heavy atom. The molecule has 0 spiro atoms. The normalized spacial score (nSPS) is 6.73. The van der Waals surface area contributed by atoms with Gasteiger partial charge in [-0.2, -0.15) is 0 Å². The van der Waals surface area contributed by atoms with Crippen LogP contribution in [0.1, 0.15) is 35.1 Å². The van der Waals surface area contributed by atoms with E-state index in [1.807, 2.05) is 27.7 Å². The molecule has 0 aromatic rings. The number of allylic oxidation sites excluding steroid dienone is 1. The van der Waals surface area contributed by atoms with Crippen molar-refractivity contribution < 1.29 is 10.6 Å². The van der Waals surface area contributed by atoms with E-state index in [4.69, 9.17) is 5.11 Å². The average Bonchev–Trinajstić information content (AvgIpc) is 1.65. The monoisotopic (exact) mass is 164 g/mol. The molecule has 72 valence electrons. The highest BCUT2D eigenvalue weighted by Gasteiger charge is 1.81. The van der Waals surface area contributed by atoms with Crippen molar-refractivity contribution in [3.05, 3.63) is 12.2 Å². The van der Waals surface area contributed by atoms with Gasteiger partial charge in [-0.05, 0) is 19.8 Å². The van der Waals surface area contributed by atoms with Gasteiger partial charge in [-0.15, -0.1) is 6.58 Å². The van der Waals surface area contributed by atoms with Crippen LogP contribution in [0.2, 0.25) is 0 Å². The molecule has 0 aliphatic rings. The van der Waals surface area contributed by atoms with E-state index in [-0.39, 0.29) is 12.9 Å². The molecule has 0 aromatic heterocycles. The van der Waals surface area contributed by atoms with Gasteiger partial charge < -0.3 is 10.6 Å². The number of hydrogen-bond donors (Lipinski definition) is 1. The van der Waals surface area contributed by atoms with Crippen molar-refractivity contribution in [2.45, 2.75) is 35.1 Å². The fourth-order valence-corrected chi connectivity index (χ4v) is 0. The third-order valence-corrected chi connectivity index (χ3v) is 0.365. The largest absolute Gasteiger partial charge is 0.412 e. The molecule has 0 aromatic carbocycles. The van der Waals surface area contributed by atoms with Gasteiger partial charge >= 0.3 is 0 Å². The summed E-state index contributed by atoms with van der Waals surface area (Å²) in [5, 5.41) is 8.14. The van der Waals surface area contributed by atoms with Crippen molar-refractivity contribution in [1.29, 1.82) is 0 Å². The van der Waals surface area contributed by atoms with Crippen LogP contribution in [0, 0.1) is 5.92 Å². The Hall–Kier alpha value is -0.340. The topological polar surface area (TPSA) is 51.7 Å². The third kappa shape index (κ3) is 206. The minimum Gasteiger partial charge on any atom is -0.412 e. The molecule has 0 saturated heterocycles. The third-order valence-electron chi connectivity index (χ3n) is 0.365. The number of aliphatic hydroxyl groups is 1. The first kappa shape index (κ1) is 22.4. The summed E-state index contributed by atoms with van der Waals surface area (Å²) in [6, 6.07) is 0. The van der Waals surface area contributed by atoms with Crippen LogP contribution in [-0.4, -0.2) is 17.2 Å². The van der Waals surface area contributed by atoms with Gasteiger partial charge in [0, 0.05) is 6.61 Å². The Balaban J connectivity index is -0.0000000383. The van der Waals surface area contributed by atoms with E-state index in [0.717, 1.165) is 0 Å². The molecule has 0 heterocycles. The minimum atomic E-state index is 0. The van der Waals surface area contributed by atoms with E-state index in [0.29, 0.717) is 12.5 Å². The zero-order chi connectivity index (χ0) is 7.86. The summed E-state index contributed by atoms with van der Waals surface area (Å²) < 4.78 is 0. The second kappa shape index (κ2) is 16.3. The van der Waals surface area contributed by atoms with Crippen molar-refractivity contribution in [1.82, 2.24) is 0 Å². The Bertz CT molecular complexity index is 64.0. The summed E-state index contributed by atoms with van der Waals surface area (Å²) in [7, 11) is 0. The molecule has 0 bridgehead atoms. The van der Waals surface area contributed by atoms with Gasteiger partial charge in [0.2, 0.25) is 0 Å². The molecule has 2 heteroatoms. The van der Waals surface area contributed by atoms with E-state index < -0.39 is 0 Å². The first-order valence-corrected chi connectivity index (χ1v) is 3.23. The summed E-state index contributed by atoms with van der Waals surface area (Å²) in [5.41, 5.74) is 1.17. The van der Waals surface area contributed by atoms with Crippen LogP contribution in [-0.2, 0) is 0 Å². The smallest absolute Gasteiger partial charge is 0.0453 e. The maximum absolute atomic E-state index is 8.14. The first-order chi connectivity index (χ1) is 4.00. The summed E-state index contributed by atoms with van der Waals surface area (Å²) >= 11 is 0. The molecular weight excluding hydrogens is 140 g/mol. The fraction of sp³-hybridized carbons (Fsp3) is 0.778. The Kier molecular flexibility index (Phi) is 33.3. The Morgan fingerprint density at radius 1 is 1.36 bits per heavy atom. The van der Waals surface area contributed by atoms with Crippen LogP contribution in [0.3, 0.4) is 0 Å². The second-order valence-corrected chi connectivity index (χ2v) is 2.78. The zero-order valence-corrected chi connectivity index (χ0v) is 7.44. The molecule has 0 amide bonds. The van der Waals surface area contributed by atoms with Crippen LogP contribution in [0.15, 0.2) is 12.2 Å². The predicted octanol–water partition coefficient (Wildman–Crippen LogP) is 2.03. The number of aliphatic hydroxyl groups excluding tert-OH is 1. The van der Waals surface area contributed by atoms with Crippen molar-refractivity contribution in [2.24, 2.45) is 5.92 Å². The maximum atomic E-state index is 8.14. The summed E-state index contributed by atoms with van der Waals surface area (Å²) in [4.78, 5) is 0. The van der Waals surface area contributed by atoms with Crippen molar-refractivity contribution >= 4 is 0 Å². The van der Waals surface area contributed by atoms with Gasteiger partial charge in [0.25, 0.3) is 0 Å². The van der Waals surface area contributed by atoms with E-state index in [9.17, 15) is 0 Å². The fourth-order valence-electron chi connectivity index (χ4n) is 0. The number of rotatable bonds is 1. The number of hydrogen-bond acceptors (Lipinski definition) is 1. The minimum absolute atomic E-state index is 0. The molecule has 11 heavy (non-hydrogen) atoms. The molecule has 0 radical (unpaired) electrons. The van der Waals surface area contributed by atoms with Gasteiger partial charge in [0.15, 0.2) is 0 Å². The lowest BCUT2D eigenvalue weighted by Gasteiger charge is -1.90. The van der Waals surface area contributed by atoms with Gasteiger partial charge in [0.1, 0.15) is 0 Å². The van der Waals surface area contributed by atoms with Gasteiger partial charge in [-0.25, -0.2) is 0 Å². The van der Waals surface area contributed by atoms with Crippen LogP contribution in [0.5, 0.6) is 0 Å². The van der Waals surface area contributed by atoms with Gasteiger partial charge in [0.05, 0.1) is 0 Å². The van der Waals surface area contributed by atoms with E-state index in [1.165, 1.54) is 5.57 Å². The Morgan fingerprint density at radius 3 is 1.45 bits per heavy atom. The summed E-state index contributed by atoms with van der Waals surface area (Å²) in [6.45, 7) is 11.7. The van der Waals surface area contributed by atoms with Crippen molar-refractivity contribution in [2.75, 3.05) is 6.61 Å². The lowest BCUT2D eigenvalue weighted by Crippen LogP contribution is -1.90. The lowest BCUT2D eigenvalue weighted by molar-refractivity contribution is 0.248. The molecule has 0 aliphatic carbocycles. The quantitative estimate of drug-likeness (QED) is 0.592. The van der Waals surface area contributed by atoms with Crippen molar-refractivity contribution in [3.8, 4) is 0 Å². The highest BCUT2D eigenvalue weighted by atomic mass is 16.3. The maximum Gasteiger partial charge on any atom is 0.0453 e. The second-order valence-electron chi connectivity index (χ2n) is 2.78. The summed E-state index contributed by atoms with van der Waals surface area (Å²) in [5.74, 6) is 0.440. The van der Waals surface area contributed by atoms with Gasteiger partial charge in [-0.3, -0.25) is 0 Å². The van der Waals surface area contributed by atoms with Crippen LogP contribution < -0.4 is 0 Å². The molecule has 0 atom stereocenters. The standard InChI is InChI=1S/C4H10O.C4H8.CH4.H2O/c1-4(2)3-5;1-4(2)3;;/h4-5H,3H2,1-2H3;1H2,2-3H3;1H4;1H2. The van der Waals surface area contributed by atoms with Crippen LogP contribution >= 0.6 is 0 Å². The van der Waals surface area contributed by atoms with Crippen LogP contribution in [0.25, 0.3) is 0 Å². The van der Waals surface area contributed by atoms with E-state index in [1.54, 1.807) is 0 Å². The molecule has 0 aliphatic heterocycles. The van der Waals surface area contributed by atoms with E-state index in [2.05, 4.69) is 6.58 Å². The summed E-state index contributed by atoms with van der Waals surface area (Å²) in [6.07, 6.45) is 0. The van der Waals surface area contributed by atoms with Crippen molar-refractivity contribution in [3.63, 3.8) is 0 Å². The predicted molar refractivity (Wildman–Crippen MR) is 52.8 cm³/mol. The molecule has 0 fully saturated rings. The SMILES string of the molecule is C.C=C(C)C.CC(C)CO.O.